The van der Waals surface area contributed by atoms with Crippen LogP contribution in [0.2, 0.25) is 5.02 Å². The molecule has 0 spiro atoms. The summed E-state index contributed by atoms with van der Waals surface area (Å²) in [7, 11) is 1.54. The zero-order valence-corrected chi connectivity index (χ0v) is 12.0. The second kappa shape index (κ2) is 5.80. The lowest BCUT2D eigenvalue weighted by atomic mass is 10.1. The summed E-state index contributed by atoms with van der Waals surface area (Å²) in [6.45, 7) is 0.536. The Morgan fingerprint density at radius 2 is 2.26 bits per heavy atom. The van der Waals surface area contributed by atoms with Crippen molar-refractivity contribution in [2.24, 2.45) is 5.92 Å². The van der Waals surface area contributed by atoms with Crippen LogP contribution in [0.25, 0.3) is 0 Å². The summed E-state index contributed by atoms with van der Waals surface area (Å²) in [5, 5.41) is 3.01. The number of amides is 2. The van der Waals surface area contributed by atoms with E-state index >= 15 is 0 Å². The third kappa shape index (κ3) is 2.85. The van der Waals surface area contributed by atoms with Crippen LogP contribution in [-0.4, -0.2) is 31.3 Å². The van der Waals surface area contributed by atoms with Crippen molar-refractivity contribution in [3.8, 4) is 0 Å². The zero-order valence-electron chi connectivity index (χ0n) is 10.5. The normalized spacial score (nSPS) is 18.8. The Kier molecular flexibility index (Phi) is 4.32. The second-order valence-electron chi connectivity index (χ2n) is 4.47. The number of carbonyl (C=O) groups is 2. The van der Waals surface area contributed by atoms with Gasteiger partial charge in [-0.05, 0) is 24.1 Å². The van der Waals surface area contributed by atoms with Gasteiger partial charge in [-0.2, -0.15) is 0 Å². The van der Waals surface area contributed by atoms with Crippen molar-refractivity contribution in [2.45, 2.75) is 6.42 Å². The molecule has 1 aliphatic heterocycles. The largest absolute Gasteiger partial charge is 0.355 e. The molecule has 1 unspecified atom stereocenters. The van der Waals surface area contributed by atoms with Crippen LogP contribution in [0.5, 0.6) is 0 Å². The lowest BCUT2D eigenvalue weighted by Gasteiger charge is -2.19. The molecule has 1 aliphatic rings. The van der Waals surface area contributed by atoms with Crippen molar-refractivity contribution in [1.29, 1.82) is 0 Å². The Morgan fingerprint density at radius 3 is 2.84 bits per heavy atom. The average Bonchev–Trinajstić information content (AvgIpc) is 2.79. The highest BCUT2D eigenvalue weighted by atomic mass is 35.5. The fourth-order valence-electron chi connectivity index (χ4n) is 2.18. The summed E-state index contributed by atoms with van der Waals surface area (Å²) < 4.78 is 0. The van der Waals surface area contributed by atoms with Crippen LogP contribution in [-0.2, 0) is 4.79 Å². The molecular formula is C13H14Cl2N2O2. The van der Waals surface area contributed by atoms with E-state index in [9.17, 15) is 9.59 Å². The number of nitrogens with zero attached hydrogens (tertiary/aromatic N) is 1. The van der Waals surface area contributed by atoms with E-state index in [2.05, 4.69) is 5.32 Å². The maximum absolute atomic E-state index is 12.0. The Hall–Kier alpha value is -1.26. The van der Waals surface area contributed by atoms with Crippen molar-refractivity contribution in [1.82, 2.24) is 5.32 Å². The molecule has 6 heteroatoms. The van der Waals surface area contributed by atoms with Crippen molar-refractivity contribution in [3.05, 3.63) is 28.8 Å². The highest BCUT2D eigenvalue weighted by molar-refractivity contribution is 6.31. The first kappa shape index (κ1) is 14.2. The number of rotatable bonds is 3. The molecule has 1 saturated heterocycles. The topological polar surface area (TPSA) is 49.4 Å². The molecule has 1 aromatic rings. The van der Waals surface area contributed by atoms with Gasteiger partial charge in [0.1, 0.15) is 0 Å². The summed E-state index contributed by atoms with van der Waals surface area (Å²) in [6.07, 6.45) is 0.416. The molecule has 102 valence electrons. The van der Waals surface area contributed by atoms with Crippen LogP contribution in [0.3, 0.4) is 0 Å². The Bertz CT molecular complexity index is 519. The summed E-state index contributed by atoms with van der Waals surface area (Å²) in [6, 6.07) is 4.93. The monoisotopic (exact) mass is 300 g/mol. The molecule has 0 bridgehead atoms. The number of nitrogens with one attached hydrogen (secondary N) is 1. The number of hydrogen-bond donors (Lipinski definition) is 1. The highest BCUT2D eigenvalue weighted by Crippen LogP contribution is 2.30. The van der Waals surface area contributed by atoms with Gasteiger partial charge >= 0.3 is 0 Å². The maximum atomic E-state index is 12.0. The van der Waals surface area contributed by atoms with E-state index in [4.69, 9.17) is 23.2 Å². The molecule has 0 aromatic heterocycles. The van der Waals surface area contributed by atoms with E-state index in [1.165, 1.54) is 0 Å². The molecule has 1 heterocycles. The van der Waals surface area contributed by atoms with Crippen LogP contribution in [0.4, 0.5) is 5.69 Å². The first-order chi connectivity index (χ1) is 9.06. The van der Waals surface area contributed by atoms with E-state index in [0.717, 1.165) is 0 Å². The molecule has 4 nitrogen and oxygen atoms in total. The fraction of sp³-hybridized carbons (Fsp3) is 0.385. The van der Waals surface area contributed by atoms with Gasteiger partial charge in [0, 0.05) is 30.9 Å². The number of halogens is 2. The summed E-state index contributed by atoms with van der Waals surface area (Å²) in [5.41, 5.74) is 0.986. The molecule has 19 heavy (non-hydrogen) atoms. The summed E-state index contributed by atoms with van der Waals surface area (Å²) >= 11 is 11.7. The van der Waals surface area contributed by atoms with E-state index in [0.29, 0.717) is 35.1 Å². The molecule has 0 aliphatic carbocycles. The van der Waals surface area contributed by atoms with Gasteiger partial charge in [0.15, 0.2) is 0 Å². The Balaban J connectivity index is 2.39. The summed E-state index contributed by atoms with van der Waals surface area (Å²) in [4.78, 5) is 25.5. The van der Waals surface area contributed by atoms with Crippen LogP contribution >= 0.6 is 23.2 Å². The lowest BCUT2D eigenvalue weighted by Crippen LogP contribution is -2.28. The SMILES string of the molecule is CNC(=O)c1cc(Cl)ccc1N1CC(CCl)CC1=O. The van der Waals surface area contributed by atoms with Crippen LogP contribution in [0.1, 0.15) is 16.8 Å². The fourth-order valence-corrected chi connectivity index (χ4v) is 2.56. The Labute approximate surface area is 121 Å². The lowest BCUT2D eigenvalue weighted by molar-refractivity contribution is -0.117. The number of benzene rings is 1. The van der Waals surface area contributed by atoms with Crippen molar-refractivity contribution in [3.63, 3.8) is 0 Å². The predicted octanol–water partition coefficient (Wildman–Crippen LogP) is 2.29. The molecule has 1 atom stereocenters. The highest BCUT2D eigenvalue weighted by Gasteiger charge is 2.32. The van der Waals surface area contributed by atoms with Crippen LogP contribution < -0.4 is 10.2 Å². The number of carbonyl (C=O) groups excluding carboxylic acids is 2. The molecule has 0 radical (unpaired) electrons. The van der Waals surface area contributed by atoms with Gasteiger partial charge in [-0.3, -0.25) is 9.59 Å². The van der Waals surface area contributed by atoms with Gasteiger partial charge in [-0.25, -0.2) is 0 Å². The standard InChI is InChI=1S/C13H14Cl2N2O2/c1-16-13(19)10-5-9(15)2-3-11(10)17-7-8(6-14)4-12(17)18/h2-3,5,8H,4,6-7H2,1H3,(H,16,19). The van der Waals surface area contributed by atoms with Crippen LogP contribution in [0.15, 0.2) is 18.2 Å². The number of alkyl halides is 1. The van der Waals surface area contributed by atoms with Gasteiger partial charge in [0.25, 0.3) is 5.91 Å². The first-order valence-corrected chi connectivity index (χ1v) is 6.86. The third-order valence-corrected chi connectivity index (χ3v) is 3.82. The second-order valence-corrected chi connectivity index (χ2v) is 5.21. The average molecular weight is 301 g/mol. The van der Waals surface area contributed by atoms with E-state index in [1.807, 2.05) is 0 Å². The van der Waals surface area contributed by atoms with E-state index in [1.54, 1.807) is 30.1 Å². The third-order valence-electron chi connectivity index (χ3n) is 3.14. The molecule has 2 amide bonds. The minimum atomic E-state index is -0.264. The molecule has 2 rings (SSSR count). The van der Waals surface area contributed by atoms with Crippen LogP contribution in [0, 0.1) is 5.92 Å². The number of hydrogen-bond acceptors (Lipinski definition) is 2. The Morgan fingerprint density at radius 1 is 1.53 bits per heavy atom. The van der Waals surface area contributed by atoms with E-state index < -0.39 is 0 Å². The van der Waals surface area contributed by atoms with Gasteiger partial charge in [0.2, 0.25) is 5.91 Å². The molecule has 0 saturated carbocycles. The first-order valence-electron chi connectivity index (χ1n) is 5.94. The van der Waals surface area contributed by atoms with Crippen molar-refractivity contribution in [2.75, 3.05) is 24.4 Å². The summed E-state index contributed by atoms with van der Waals surface area (Å²) in [5.74, 6) is 0.283. The van der Waals surface area contributed by atoms with Gasteiger partial charge in [-0.1, -0.05) is 11.6 Å². The molecular weight excluding hydrogens is 287 g/mol. The molecule has 1 aromatic carbocycles. The predicted molar refractivity (Wildman–Crippen MR) is 76.0 cm³/mol. The smallest absolute Gasteiger partial charge is 0.253 e. The zero-order chi connectivity index (χ0) is 14.0. The maximum Gasteiger partial charge on any atom is 0.253 e. The van der Waals surface area contributed by atoms with E-state index in [-0.39, 0.29) is 17.7 Å². The quantitative estimate of drug-likeness (QED) is 0.871. The van der Waals surface area contributed by atoms with Crippen molar-refractivity contribution >= 4 is 40.7 Å². The minimum absolute atomic E-state index is 0.0156. The minimum Gasteiger partial charge on any atom is -0.355 e. The van der Waals surface area contributed by atoms with Gasteiger partial charge < -0.3 is 10.2 Å². The molecule has 1 N–H and O–H groups in total. The molecule has 1 fully saturated rings. The van der Waals surface area contributed by atoms with Crippen molar-refractivity contribution < 1.29 is 9.59 Å². The number of anilines is 1. The van der Waals surface area contributed by atoms with Gasteiger partial charge in [0.05, 0.1) is 11.3 Å². The van der Waals surface area contributed by atoms with Gasteiger partial charge in [-0.15, -0.1) is 11.6 Å².